The number of carbonyl (C=O) groups excluding carboxylic acids is 2. The zero-order chi connectivity index (χ0) is 16.7. The molecular formula is C15H16F3NO2S. The van der Waals surface area contributed by atoms with E-state index in [-0.39, 0.29) is 5.69 Å². The Hall–Kier alpha value is -1.50. The Kier molecular flexibility index (Phi) is 4.30. The van der Waals surface area contributed by atoms with E-state index in [1.807, 2.05) is 0 Å². The highest BCUT2D eigenvalue weighted by Gasteiger charge is 2.58. The lowest BCUT2D eigenvalue weighted by Crippen LogP contribution is -2.46. The van der Waals surface area contributed by atoms with Gasteiger partial charge in [-0.05, 0) is 37.3 Å². The van der Waals surface area contributed by atoms with Gasteiger partial charge in [0.2, 0.25) is 5.78 Å². The van der Waals surface area contributed by atoms with Gasteiger partial charge in [-0.3, -0.25) is 9.59 Å². The zero-order valence-corrected chi connectivity index (χ0v) is 13.2. The standard InChI is InChI=1S/C15H16F3NO2S/c1-4-10-8(2)11(13(21)15(16,17)18)14(3,22-10)12(20)9-6-5-7-19-9/h5-7,11,19H,4H2,1-3H3. The molecule has 0 amide bonds. The summed E-state index contributed by atoms with van der Waals surface area (Å²) in [5, 5.41) is 0. The van der Waals surface area contributed by atoms with E-state index < -0.39 is 28.4 Å². The van der Waals surface area contributed by atoms with E-state index in [0.717, 1.165) is 11.8 Å². The van der Waals surface area contributed by atoms with Gasteiger partial charge in [-0.15, -0.1) is 11.8 Å². The van der Waals surface area contributed by atoms with Crippen LogP contribution in [0.1, 0.15) is 37.7 Å². The highest BCUT2D eigenvalue weighted by atomic mass is 32.2. The lowest BCUT2D eigenvalue weighted by atomic mass is 9.80. The van der Waals surface area contributed by atoms with Crippen molar-refractivity contribution in [2.75, 3.05) is 0 Å². The largest absolute Gasteiger partial charge is 0.450 e. The summed E-state index contributed by atoms with van der Waals surface area (Å²) in [5.41, 5.74) is 0.553. The summed E-state index contributed by atoms with van der Waals surface area (Å²) in [6.45, 7) is 4.72. The third-order valence-electron chi connectivity index (χ3n) is 3.92. The van der Waals surface area contributed by atoms with Crippen molar-refractivity contribution in [1.82, 2.24) is 4.98 Å². The molecule has 1 N–H and O–H groups in total. The van der Waals surface area contributed by atoms with Crippen molar-refractivity contribution in [2.24, 2.45) is 5.92 Å². The quantitative estimate of drug-likeness (QED) is 0.844. The van der Waals surface area contributed by atoms with Crippen molar-refractivity contribution < 1.29 is 22.8 Å². The molecule has 0 saturated carbocycles. The van der Waals surface area contributed by atoms with Crippen LogP contribution in [0.4, 0.5) is 13.2 Å². The van der Waals surface area contributed by atoms with Crippen molar-refractivity contribution in [3.63, 3.8) is 0 Å². The number of allylic oxidation sites excluding steroid dienone is 2. The number of Topliss-reactive ketones (excluding diaryl/α,β-unsaturated/α-hetero) is 2. The maximum Gasteiger partial charge on any atom is 0.450 e. The SMILES string of the molecule is CCC1=C(C)C(C(=O)C(F)(F)F)C(C)(C(=O)c2ccc[nH]2)S1. The molecule has 3 nitrogen and oxygen atoms in total. The predicted molar refractivity (Wildman–Crippen MR) is 78.7 cm³/mol. The molecule has 2 unspecified atom stereocenters. The summed E-state index contributed by atoms with van der Waals surface area (Å²) in [6.07, 6.45) is -2.95. The van der Waals surface area contributed by atoms with Crippen LogP contribution in [0.25, 0.3) is 0 Å². The van der Waals surface area contributed by atoms with E-state index in [1.54, 1.807) is 13.0 Å². The molecule has 0 aromatic carbocycles. The molecule has 120 valence electrons. The first-order chi connectivity index (χ1) is 10.1. The van der Waals surface area contributed by atoms with Crippen molar-refractivity contribution in [3.8, 4) is 0 Å². The Balaban J connectivity index is 2.50. The van der Waals surface area contributed by atoms with Gasteiger partial charge in [0.05, 0.1) is 16.4 Å². The van der Waals surface area contributed by atoms with Crippen LogP contribution < -0.4 is 0 Å². The topological polar surface area (TPSA) is 49.9 Å². The van der Waals surface area contributed by atoms with Crippen molar-refractivity contribution in [3.05, 3.63) is 34.5 Å². The second kappa shape index (κ2) is 5.61. The average molecular weight is 331 g/mol. The molecule has 7 heteroatoms. The third kappa shape index (κ3) is 2.62. The number of halogens is 3. The molecule has 0 bridgehead atoms. The van der Waals surface area contributed by atoms with E-state index in [4.69, 9.17) is 0 Å². The molecule has 2 rings (SSSR count). The second-order valence-electron chi connectivity index (χ2n) is 5.38. The summed E-state index contributed by atoms with van der Waals surface area (Å²) in [7, 11) is 0. The van der Waals surface area contributed by atoms with Crippen LogP contribution in [0.3, 0.4) is 0 Å². The number of aromatic nitrogens is 1. The molecule has 1 aromatic heterocycles. The molecule has 0 radical (unpaired) electrons. The molecule has 0 saturated heterocycles. The van der Waals surface area contributed by atoms with Gasteiger partial charge < -0.3 is 4.98 Å². The maximum atomic E-state index is 13.0. The first kappa shape index (κ1) is 16.9. The smallest absolute Gasteiger partial charge is 0.359 e. The van der Waals surface area contributed by atoms with E-state index in [9.17, 15) is 22.8 Å². The van der Waals surface area contributed by atoms with Crippen LogP contribution in [0.15, 0.2) is 28.8 Å². The molecule has 0 spiro atoms. The maximum absolute atomic E-state index is 13.0. The van der Waals surface area contributed by atoms with Crippen molar-refractivity contribution >= 4 is 23.3 Å². The molecule has 1 aliphatic rings. The van der Waals surface area contributed by atoms with Crippen LogP contribution in [0.2, 0.25) is 0 Å². The van der Waals surface area contributed by atoms with E-state index >= 15 is 0 Å². The monoisotopic (exact) mass is 331 g/mol. The number of thioether (sulfide) groups is 1. The van der Waals surface area contributed by atoms with Gasteiger partial charge in [0.15, 0.2) is 5.78 Å². The van der Waals surface area contributed by atoms with Crippen LogP contribution >= 0.6 is 11.8 Å². The Labute approximate surface area is 130 Å². The van der Waals surface area contributed by atoms with Gasteiger partial charge in [0.25, 0.3) is 0 Å². The number of rotatable bonds is 4. The fourth-order valence-corrected chi connectivity index (χ4v) is 4.39. The van der Waals surface area contributed by atoms with E-state index in [1.165, 1.54) is 26.1 Å². The Morgan fingerprint density at radius 1 is 1.41 bits per heavy atom. The Morgan fingerprint density at radius 3 is 2.50 bits per heavy atom. The van der Waals surface area contributed by atoms with Gasteiger partial charge in [-0.2, -0.15) is 13.2 Å². The number of aromatic amines is 1. The number of alkyl halides is 3. The number of hydrogen-bond donors (Lipinski definition) is 1. The lowest BCUT2D eigenvalue weighted by Gasteiger charge is -2.29. The van der Waals surface area contributed by atoms with Gasteiger partial charge in [-0.25, -0.2) is 0 Å². The van der Waals surface area contributed by atoms with Gasteiger partial charge in [0, 0.05) is 6.20 Å². The fraction of sp³-hybridized carbons (Fsp3) is 0.467. The lowest BCUT2D eigenvalue weighted by molar-refractivity contribution is -0.174. The number of carbonyl (C=O) groups is 2. The second-order valence-corrected chi connectivity index (χ2v) is 6.92. The van der Waals surface area contributed by atoms with Crippen molar-refractivity contribution in [1.29, 1.82) is 0 Å². The van der Waals surface area contributed by atoms with Gasteiger partial charge >= 0.3 is 6.18 Å². The molecule has 1 aromatic rings. The van der Waals surface area contributed by atoms with E-state index in [0.29, 0.717) is 16.9 Å². The molecule has 1 aliphatic heterocycles. The summed E-state index contributed by atoms with van der Waals surface area (Å²) >= 11 is 1.07. The van der Waals surface area contributed by atoms with E-state index in [2.05, 4.69) is 4.98 Å². The molecule has 0 aliphatic carbocycles. The minimum Gasteiger partial charge on any atom is -0.359 e. The molecular weight excluding hydrogens is 315 g/mol. The Bertz CT molecular complexity index is 634. The summed E-state index contributed by atoms with van der Waals surface area (Å²) in [5.74, 6) is -3.83. The fourth-order valence-electron chi connectivity index (χ4n) is 2.85. The molecule has 2 atom stereocenters. The minimum absolute atomic E-state index is 0.208. The zero-order valence-electron chi connectivity index (χ0n) is 12.4. The summed E-state index contributed by atoms with van der Waals surface area (Å²) in [4.78, 5) is 28.0. The molecule has 22 heavy (non-hydrogen) atoms. The van der Waals surface area contributed by atoms with Crippen LogP contribution in [0.5, 0.6) is 0 Å². The normalized spacial score (nSPS) is 25.6. The number of ketones is 2. The summed E-state index contributed by atoms with van der Waals surface area (Å²) in [6, 6.07) is 3.10. The average Bonchev–Trinajstić information content (AvgIpc) is 3.04. The van der Waals surface area contributed by atoms with Gasteiger partial charge in [-0.1, -0.05) is 12.5 Å². The first-order valence-corrected chi connectivity index (χ1v) is 7.62. The third-order valence-corrected chi connectivity index (χ3v) is 5.62. The number of hydrogen-bond acceptors (Lipinski definition) is 3. The highest BCUT2D eigenvalue weighted by molar-refractivity contribution is 8.05. The van der Waals surface area contributed by atoms with Gasteiger partial charge in [0.1, 0.15) is 0 Å². The number of nitrogens with one attached hydrogen (secondary N) is 1. The minimum atomic E-state index is -4.97. The van der Waals surface area contributed by atoms with Crippen LogP contribution in [-0.2, 0) is 4.79 Å². The predicted octanol–water partition coefficient (Wildman–Crippen LogP) is 4.13. The molecule has 0 fully saturated rings. The Morgan fingerprint density at radius 2 is 2.05 bits per heavy atom. The van der Waals surface area contributed by atoms with Crippen molar-refractivity contribution in [2.45, 2.75) is 38.1 Å². The first-order valence-electron chi connectivity index (χ1n) is 6.80. The summed E-state index contributed by atoms with van der Waals surface area (Å²) < 4.78 is 37.4. The van der Waals surface area contributed by atoms with Crippen LogP contribution in [0, 0.1) is 5.92 Å². The van der Waals surface area contributed by atoms with Crippen LogP contribution in [-0.4, -0.2) is 27.5 Å². The molecule has 2 heterocycles. The number of H-pyrrole nitrogens is 1. The highest BCUT2D eigenvalue weighted by Crippen LogP contribution is 2.54.